The number of carbonyl (C=O) groups is 1. The quantitative estimate of drug-likeness (QED) is 0.499. The second-order valence-electron chi connectivity index (χ2n) is 3.94. The molecule has 0 saturated heterocycles. The summed E-state index contributed by atoms with van der Waals surface area (Å²) in [5.74, 6) is 0.470. The van der Waals surface area contributed by atoms with Crippen molar-refractivity contribution in [1.29, 1.82) is 5.26 Å². The van der Waals surface area contributed by atoms with Crippen LogP contribution in [0.3, 0.4) is 0 Å². The summed E-state index contributed by atoms with van der Waals surface area (Å²) in [6.45, 7) is 1.41. The number of allylic oxidation sites excluding steroid dienone is 6. The number of hydrogen-bond acceptors (Lipinski definition) is 3. The lowest BCUT2D eigenvalue weighted by Gasteiger charge is -2.05. The van der Waals surface area contributed by atoms with Gasteiger partial charge >= 0.3 is 5.97 Å². The van der Waals surface area contributed by atoms with Gasteiger partial charge in [-0.1, -0.05) is 12.2 Å². The van der Waals surface area contributed by atoms with Gasteiger partial charge in [0.25, 0.3) is 0 Å². The standard InChI is InChI=1S/C13H13NO2/c1-9(15)16-13-7-6-11-10(8-14)4-2-3-5-12(11)13/h2-3H,4-7H2,1H3. The summed E-state index contributed by atoms with van der Waals surface area (Å²) in [4.78, 5) is 11.0. The molecule has 0 heterocycles. The number of ether oxygens (including phenoxy) is 1. The molecule has 0 spiro atoms. The average Bonchev–Trinajstić information content (AvgIpc) is 2.51. The Bertz CT molecular complexity index is 461. The van der Waals surface area contributed by atoms with Crippen molar-refractivity contribution in [3.8, 4) is 6.07 Å². The van der Waals surface area contributed by atoms with Crippen LogP contribution >= 0.6 is 0 Å². The zero-order valence-electron chi connectivity index (χ0n) is 9.25. The fourth-order valence-corrected chi connectivity index (χ4v) is 2.20. The van der Waals surface area contributed by atoms with E-state index in [1.165, 1.54) is 6.92 Å². The SMILES string of the molecule is CC(=O)OC1=C2CC=CCC(C#N)=C2CC1. The third-order valence-electron chi connectivity index (χ3n) is 2.88. The van der Waals surface area contributed by atoms with E-state index in [1.54, 1.807) is 0 Å². The van der Waals surface area contributed by atoms with Gasteiger partial charge in [0.05, 0.1) is 6.07 Å². The number of nitrogens with zero attached hydrogens (tertiary/aromatic N) is 1. The van der Waals surface area contributed by atoms with Crippen molar-refractivity contribution in [3.63, 3.8) is 0 Å². The summed E-state index contributed by atoms with van der Waals surface area (Å²) in [5, 5.41) is 9.06. The first-order chi connectivity index (χ1) is 7.72. The normalized spacial score (nSPS) is 19.2. The molecule has 2 rings (SSSR count). The van der Waals surface area contributed by atoms with Crippen LogP contribution in [0.1, 0.15) is 32.6 Å². The maximum absolute atomic E-state index is 11.0. The molecule has 0 aliphatic heterocycles. The second-order valence-corrected chi connectivity index (χ2v) is 3.94. The number of nitriles is 1. The summed E-state index contributed by atoms with van der Waals surface area (Å²) < 4.78 is 5.19. The number of esters is 1. The Morgan fingerprint density at radius 1 is 1.31 bits per heavy atom. The summed E-state index contributed by atoms with van der Waals surface area (Å²) in [7, 11) is 0. The minimum atomic E-state index is -0.282. The van der Waals surface area contributed by atoms with Gasteiger partial charge < -0.3 is 4.74 Å². The highest BCUT2D eigenvalue weighted by Crippen LogP contribution is 2.38. The maximum Gasteiger partial charge on any atom is 0.307 e. The van der Waals surface area contributed by atoms with Crippen LogP contribution in [0.5, 0.6) is 0 Å². The molecule has 82 valence electrons. The minimum absolute atomic E-state index is 0.282. The van der Waals surface area contributed by atoms with Crippen LogP contribution in [0, 0.1) is 11.3 Å². The largest absolute Gasteiger partial charge is 0.431 e. The van der Waals surface area contributed by atoms with E-state index in [-0.39, 0.29) is 5.97 Å². The van der Waals surface area contributed by atoms with Gasteiger partial charge in [0.15, 0.2) is 0 Å². The highest BCUT2D eigenvalue weighted by Gasteiger charge is 2.25. The van der Waals surface area contributed by atoms with Gasteiger partial charge in [-0.3, -0.25) is 4.79 Å². The van der Waals surface area contributed by atoms with Crippen molar-refractivity contribution in [2.75, 3.05) is 0 Å². The van der Waals surface area contributed by atoms with Crippen molar-refractivity contribution >= 4 is 5.97 Å². The molecule has 0 amide bonds. The minimum Gasteiger partial charge on any atom is -0.431 e. The van der Waals surface area contributed by atoms with Crippen molar-refractivity contribution in [3.05, 3.63) is 34.6 Å². The van der Waals surface area contributed by atoms with Gasteiger partial charge in [-0.25, -0.2) is 0 Å². The Morgan fingerprint density at radius 2 is 2.06 bits per heavy atom. The molecule has 0 radical (unpaired) electrons. The Hall–Kier alpha value is -1.82. The summed E-state index contributed by atoms with van der Waals surface area (Å²) in [6, 6.07) is 2.24. The van der Waals surface area contributed by atoms with E-state index in [4.69, 9.17) is 10.00 Å². The predicted octanol–water partition coefficient (Wildman–Crippen LogP) is 2.77. The van der Waals surface area contributed by atoms with E-state index in [0.29, 0.717) is 6.42 Å². The van der Waals surface area contributed by atoms with Crippen molar-refractivity contribution in [1.82, 2.24) is 0 Å². The molecule has 0 N–H and O–H groups in total. The molecule has 0 bridgehead atoms. The molecule has 0 aromatic heterocycles. The lowest BCUT2D eigenvalue weighted by molar-refractivity contribution is -0.137. The molecular formula is C13H13NO2. The molecule has 16 heavy (non-hydrogen) atoms. The Labute approximate surface area is 94.7 Å². The fourth-order valence-electron chi connectivity index (χ4n) is 2.20. The molecule has 2 aliphatic carbocycles. The number of hydrogen-bond donors (Lipinski definition) is 0. The third-order valence-corrected chi connectivity index (χ3v) is 2.88. The molecule has 2 aliphatic rings. The van der Waals surface area contributed by atoms with Gasteiger partial charge in [-0.15, -0.1) is 0 Å². The van der Waals surface area contributed by atoms with Gasteiger partial charge in [-0.2, -0.15) is 5.26 Å². The highest BCUT2D eigenvalue weighted by atomic mass is 16.5. The Kier molecular flexibility index (Phi) is 2.91. The first kappa shape index (κ1) is 10.7. The van der Waals surface area contributed by atoms with Crippen LogP contribution in [0.2, 0.25) is 0 Å². The number of rotatable bonds is 1. The first-order valence-electron chi connectivity index (χ1n) is 5.40. The van der Waals surface area contributed by atoms with E-state index in [1.807, 2.05) is 12.2 Å². The van der Waals surface area contributed by atoms with Crippen molar-refractivity contribution in [2.45, 2.75) is 32.6 Å². The second kappa shape index (κ2) is 4.36. The van der Waals surface area contributed by atoms with Crippen molar-refractivity contribution < 1.29 is 9.53 Å². The molecule has 0 aromatic rings. The van der Waals surface area contributed by atoms with Gasteiger partial charge in [-0.05, 0) is 24.0 Å². The smallest absolute Gasteiger partial charge is 0.307 e. The average molecular weight is 215 g/mol. The summed E-state index contributed by atoms with van der Waals surface area (Å²) in [5.41, 5.74) is 2.94. The molecule has 3 heteroatoms. The predicted molar refractivity (Wildman–Crippen MR) is 59.0 cm³/mol. The molecule has 0 unspecified atom stereocenters. The highest BCUT2D eigenvalue weighted by molar-refractivity contribution is 5.68. The zero-order valence-corrected chi connectivity index (χ0v) is 9.25. The Balaban J connectivity index is 2.41. The molecule has 3 nitrogen and oxygen atoms in total. The van der Waals surface area contributed by atoms with Crippen LogP contribution < -0.4 is 0 Å². The van der Waals surface area contributed by atoms with Crippen LogP contribution in [0.15, 0.2) is 34.6 Å². The van der Waals surface area contributed by atoms with Gasteiger partial charge in [0.2, 0.25) is 0 Å². The first-order valence-corrected chi connectivity index (χ1v) is 5.40. The van der Waals surface area contributed by atoms with Crippen LogP contribution in [0.25, 0.3) is 0 Å². The lowest BCUT2D eigenvalue weighted by atomic mass is 10.0. The maximum atomic E-state index is 11.0. The molecular weight excluding hydrogens is 202 g/mol. The molecule has 0 fully saturated rings. The van der Waals surface area contributed by atoms with Crippen molar-refractivity contribution in [2.24, 2.45) is 0 Å². The molecule has 0 aromatic carbocycles. The molecule has 0 atom stereocenters. The van der Waals surface area contributed by atoms with E-state index in [0.717, 1.165) is 41.7 Å². The van der Waals surface area contributed by atoms with Crippen LogP contribution in [-0.4, -0.2) is 5.97 Å². The lowest BCUT2D eigenvalue weighted by Crippen LogP contribution is -1.98. The van der Waals surface area contributed by atoms with E-state index >= 15 is 0 Å². The van der Waals surface area contributed by atoms with Crippen LogP contribution in [-0.2, 0) is 9.53 Å². The number of carbonyl (C=O) groups excluding carboxylic acids is 1. The van der Waals surface area contributed by atoms with Gasteiger partial charge in [0, 0.05) is 25.3 Å². The summed E-state index contributed by atoms with van der Waals surface area (Å²) in [6.07, 6.45) is 7.06. The summed E-state index contributed by atoms with van der Waals surface area (Å²) >= 11 is 0. The monoisotopic (exact) mass is 215 g/mol. The molecule has 0 saturated carbocycles. The topological polar surface area (TPSA) is 50.1 Å². The van der Waals surface area contributed by atoms with E-state index in [9.17, 15) is 4.79 Å². The van der Waals surface area contributed by atoms with E-state index in [2.05, 4.69) is 6.07 Å². The number of fused-ring (bicyclic) bond motifs is 1. The van der Waals surface area contributed by atoms with Crippen LogP contribution in [0.4, 0.5) is 0 Å². The zero-order chi connectivity index (χ0) is 11.5. The fraction of sp³-hybridized carbons (Fsp3) is 0.385. The van der Waals surface area contributed by atoms with Gasteiger partial charge in [0.1, 0.15) is 5.76 Å². The third kappa shape index (κ3) is 1.92. The van der Waals surface area contributed by atoms with E-state index < -0.39 is 0 Å². The Morgan fingerprint density at radius 3 is 2.75 bits per heavy atom.